The lowest BCUT2D eigenvalue weighted by Gasteiger charge is -2.23. The Morgan fingerprint density at radius 1 is 1.31 bits per heavy atom. The zero-order valence-corrected chi connectivity index (χ0v) is 16.8. The molecule has 0 aliphatic carbocycles. The van der Waals surface area contributed by atoms with Crippen LogP contribution in [-0.2, 0) is 14.8 Å². The molecule has 0 fully saturated rings. The number of hydrogen-bond acceptors (Lipinski definition) is 7. The number of carbonyl (C=O) groups excluding carboxylic acids is 1. The molecule has 154 valence electrons. The summed E-state index contributed by atoms with van der Waals surface area (Å²) in [5, 5.41) is 14.8. The molecule has 11 heteroatoms. The highest BCUT2D eigenvalue weighted by Crippen LogP contribution is 2.26. The van der Waals surface area contributed by atoms with Crippen molar-refractivity contribution < 1.29 is 22.9 Å². The van der Waals surface area contributed by atoms with Gasteiger partial charge in [0, 0.05) is 11.6 Å². The molecule has 1 amide bonds. The largest absolute Gasteiger partial charge is 0.490 e. The van der Waals surface area contributed by atoms with Gasteiger partial charge in [0.1, 0.15) is 6.54 Å². The summed E-state index contributed by atoms with van der Waals surface area (Å²) in [4.78, 5) is 22.6. The molecule has 2 aromatic rings. The van der Waals surface area contributed by atoms with E-state index in [0.29, 0.717) is 16.8 Å². The second kappa shape index (κ2) is 9.15. The molecule has 0 heterocycles. The first-order chi connectivity index (χ1) is 13.6. The van der Waals surface area contributed by atoms with Gasteiger partial charge in [0.2, 0.25) is 10.0 Å². The molecule has 0 spiro atoms. The Kier molecular flexibility index (Phi) is 6.89. The fraction of sp³-hybridized carbons (Fsp3) is 0.222. The molecule has 1 N–H and O–H groups in total. The van der Waals surface area contributed by atoms with E-state index in [1.54, 1.807) is 31.2 Å². The normalized spacial score (nSPS) is 11.3. The molecule has 2 rings (SSSR count). The van der Waals surface area contributed by atoms with Crippen molar-refractivity contribution in [3.63, 3.8) is 0 Å². The van der Waals surface area contributed by atoms with Gasteiger partial charge in [0.25, 0.3) is 5.91 Å². The standard InChI is InChI=1S/C18H20N4O6S/c1-13-6-4-5-7-15(13)21(29(3,26)27)12-18(23)20-19-11-14-8-9-17(28-2)16(10-14)22(24)25/h4-11H,12H2,1-3H3,(H,20,23)/b19-11-. The van der Waals surface area contributed by atoms with Crippen LogP contribution in [0.4, 0.5) is 11.4 Å². The van der Waals surface area contributed by atoms with Crippen LogP contribution in [0.1, 0.15) is 11.1 Å². The number of hydrogen-bond donors (Lipinski definition) is 1. The van der Waals surface area contributed by atoms with E-state index >= 15 is 0 Å². The van der Waals surface area contributed by atoms with Crippen LogP contribution in [0.5, 0.6) is 5.75 Å². The van der Waals surface area contributed by atoms with Gasteiger partial charge in [-0.05, 0) is 30.7 Å². The zero-order chi connectivity index (χ0) is 21.6. The fourth-order valence-electron chi connectivity index (χ4n) is 2.50. The van der Waals surface area contributed by atoms with E-state index in [1.165, 1.54) is 31.5 Å². The molecule has 0 aliphatic heterocycles. The van der Waals surface area contributed by atoms with E-state index in [4.69, 9.17) is 4.74 Å². The van der Waals surface area contributed by atoms with Gasteiger partial charge in [-0.1, -0.05) is 18.2 Å². The van der Waals surface area contributed by atoms with Gasteiger partial charge in [0.15, 0.2) is 5.75 Å². The zero-order valence-electron chi connectivity index (χ0n) is 16.0. The quantitative estimate of drug-likeness (QED) is 0.394. The van der Waals surface area contributed by atoms with Gasteiger partial charge in [0.05, 0.1) is 30.2 Å². The lowest BCUT2D eigenvalue weighted by atomic mass is 10.2. The van der Waals surface area contributed by atoms with Crippen LogP contribution in [0, 0.1) is 17.0 Å². The minimum absolute atomic E-state index is 0.0956. The highest BCUT2D eigenvalue weighted by molar-refractivity contribution is 7.92. The maximum Gasteiger partial charge on any atom is 0.311 e. The van der Waals surface area contributed by atoms with E-state index in [1.807, 2.05) is 0 Å². The number of para-hydroxylation sites is 1. The van der Waals surface area contributed by atoms with Crippen molar-refractivity contribution in [1.82, 2.24) is 5.43 Å². The first-order valence-electron chi connectivity index (χ1n) is 8.31. The predicted octanol–water partition coefficient (Wildman–Crippen LogP) is 1.83. The van der Waals surface area contributed by atoms with Gasteiger partial charge in [-0.25, -0.2) is 13.8 Å². The molecular formula is C18H20N4O6S. The van der Waals surface area contributed by atoms with Crippen LogP contribution in [0.25, 0.3) is 0 Å². The smallest absolute Gasteiger partial charge is 0.311 e. The average molecular weight is 420 g/mol. The number of benzene rings is 2. The Bertz CT molecular complexity index is 1050. The van der Waals surface area contributed by atoms with E-state index in [0.717, 1.165) is 10.6 Å². The SMILES string of the molecule is COc1ccc(/C=N\NC(=O)CN(c2ccccc2C)S(C)(=O)=O)cc1[N+](=O)[O-]. The van der Waals surface area contributed by atoms with Crippen molar-refractivity contribution in [2.75, 3.05) is 24.2 Å². The van der Waals surface area contributed by atoms with Gasteiger partial charge < -0.3 is 4.74 Å². The van der Waals surface area contributed by atoms with E-state index in [9.17, 15) is 23.3 Å². The second-order valence-corrected chi connectivity index (χ2v) is 7.94. The van der Waals surface area contributed by atoms with Crippen LogP contribution in [0.2, 0.25) is 0 Å². The van der Waals surface area contributed by atoms with Crippen molar-refractivity contribution in [2.45, 2.75) is 6.92 Å². The van der Waals surface area contributed by atoms with Crippen molar-refractivity contribution in [2.24, 2.45) is 5.10 Å². The number of nitrogens with zero attached hydrogens (tertiary/aromatic N) is 3. The molecule has 29 heavy (non-hydrogen) atoms. The van der Waals surface area contributed by atoms with Gasteiger partial charge in [-0.15, -0.1) is 0 Å². The van der Waals surface area contributed by atoms with Gasteiger partial charge in [-0.3, -0.25) is 19.2 Å². The minimum Gasteiger partial charge on any atom is -0.490 e. The van der Waals surface area contributed by atoms with Gasteiger partial charge >= 0.3 is 5.69 Å². The summed E-state index contributed by atoms with van der Waals surface area (Å²) in [5.41, 5.74) is 3.42. The van der Waals surface area contributed by atoms with Crippen molar-refractivity contribution >= 4 is 33.5 Å². The third-order valence-electron chi connectivity index (χ3n) is 3.87. The number of nitro groups is 1. The number of methoxy groups -OCH3 is 1. The Morgan fingerprint density at radius 3 is 2.59 bits per heavy atom. The summed E-state index contributed by atoms with van der Waals surface area (Å²) >= 11 is 0. The molecule has 0 aliphatic rings. The Morgan fingerprint density at radius 2 is 2.00 bits per heavy atom. The molecule has 0 saturated heterocycles. The van der Waals surface area contributed by atoms with Crippen LogP contribution < -0.4 is 14.5 Å². The molecule has 0 atom stereocenters. The number of aryl methyl sites for hydroxylation is 1. The third-order valence-corrected chi connectivity index (χ3v) is 5.00. The summed E-state index contributed by atoms with van der Waals surface area (Å²) in [6.07, 6.45) is 2.22. The van der Waals surface area contributed by atoms with Crippen LogP contribution in [0.3, 0.4) is 0 Å². The second-order valence-electron chi connectivity index (χ2n) is 6.04. The molecule has 10 nitrogen and oxygen atoms in total. The number of ether oxygens (including phenoxy) is 1. The molecule has 0 bridgehead atoms. The lowest BCUT2D eigenvalue weighted by molar-refractivity contribution is -0.385. The summed E-state index contributed by atoms with van der Waals surface area (Å²) in [6, 6.07) is 10.9. The molecule has 0 aromatic heterocycles. The maximum atomic E-state index is 12.2. The summed E-state index contributed by atoms with van der Waals surface area (Å²) < 4.78 is 30.1. The number of hydrazone groups is 1. The van der Waals surface area contributed by atoms with Crippen molar-refractivity contribution in [3.05, 3.63) is 63.7 Å². The molecule has 0 saturated carbocycles. The summed E-state index contributed by atoms with van der Waals surface area (Å²) in [5.74, 6) is -0.573. The molecule has 0 unspecified atom stereocenters. The number of sulfonamides is 1. The monoisotopic (exact) mass is 420 g/mol. The first-order valence-corrected chi connectivity index (χ1v) is 10.2. The number of rotatable bonds is 8. The molecular weight excluding hydrogens is 400 g/mol. The fourth-order valence-corrected chi connectivity index (χ4v) is 3.41. The Labute approximate surface area is 168 Å². The number of amides is 1. The summed E-state index contributed by atoms with van der Waals surface area (Å²) in [6.45, 7) is 1.27. The number of nitrogens with one attached hydrogen (secondary N) is 1. The molecule has 2 aromatic carbocycles. The third kappa shape index (κ3) is 5.75. The Balaban J connectivity index is 2.13. The van der Waals surface area contributed by atoms with Crippen LogP contribution in [-0.4, -0.2) is 45.4 Å². The lowest BCUT2D eigenvalue weighted by Crippen LogP contribution is -2.39. The number of nitro benzene ring substituents is 1. The van der Waals surface area contributed by atoms with E-state index in [-0.39, 0.29) is 11.4 Å². The van der Waals surface area contributed by atoms with E-state index in [2.05, 4.69) is 10.5 Å². The van der Waals surface area contributed by atoms with Crippen molar-refractivity contribution in [1.29, 1.82) is 0 Å². The van der Waals surface area contributed by atoms with Crippen LogP contribution >= 0.6 is 0 Å². The Hall–Kier alpha value is -3.47. The number of anilines is 1. The first kappa shape index (κ1) is 21.8. The minimum atomic E-state index is -3.70. The van der Waals surface area contributed by atoms with Crippen molar-refractivity contribution in [3.8, 4) is 5.75 Å². The van der Waals surface area contributed by atoms with E-state index < -0.39 is 27.4 Å². The van der Waals surface area contributed by atoms with Crippen LogP contribution in [0.15, 0.2) is 47.6 Å². The number of carbonyl (C=O) groups is 1. The average Bonchev–Trinajstić information content (AvgIpc) is 2.66. The highest BCUT2D eigenvalue weighted by atomic mass is 32.2. The topological polar surface area (TPSA) is 131 Å². The maximum absolute atomic E-state index is 12.2. The highest BCUT2D eigenvalue weighted by Gasteiger charge is 2.22. The summed E-state index contributed by atoms with van der Waals surface area (Å²) in [7, 11) is -2.39. The molecule has 0 radical (unpaired) electrons. The van der Waals surface area contributed by atoms with Gasteiger partial charge in [-0.2, -0.15) is 5.10 Å². The predicted molar refractivity (Wildman–Crippen MR) is 109 cm³/mol.